The first-order valence-electron chi connectivity index (χ1n) is 13.0. The van der Waals surface area contributed by atoms with Crippen LogP contribution in [0.5, 0.6) is 0 Å². The standard InChI is InChI=1S/C32H37N3O4/c1-9-35(30(37)27(20(2)3)34-31(38)39-32(6,7)8)28(26-17-14-21(4)18-22(26)5)29(36)33-25-16-15-23-12-10-11-13-24(23)19-25/h1,10-20,27-28H,2-8H3,(H,33,36)(H,34,38). The number of hydrogen-bond acceptors (Lipinski definition) is 4. The zero-order valence-electron chi connectivity index (χ0n) is 23.7. The van der Waals surface area contributed by atoms with Gasteiger partial charge in [-0.15, -0.1) is 0 Å². The molecule has 2 atom stereocenters. The molecule has 3 aromatic carbocycles. The van der Waals surface area contributed by atoms with E-state index in [1.165, 1.54) is 0 Å². The van der Waals surface area contributed by atoms with E-state index in [-0.39, 0.29) is 5.92 Å². The predicted octanol–water partition coefficient (Wildman–Crippen LogP) is 6.11. The van der Waals surface area contributed by atoms with Gasteiger partial charge in [-0.05, 0) is 74.6 Å². The van der Waals surface area contributed by atoms with Crippen LogP contribution >= 0.6 is 0 Å². The lowest BCUT2D eigenvalue weighted by Crippen LogP contribution is -2.53. The van der Waals surface area contributed by atoms with E-state index in [0.29, 0.717) is 11.3 Å². The van der Waals surface area contributed by atoms with Crippen LogP contribution in [0.2, 0.25) is 0 Å². The Morgan fingerprint density at radius 2 is 1.62 bits per heavy atom. The number of benzene rings is 3. The van der Waals surface area contributed by atoms with Crippen molar-refractivity contribution in [3.8, 4) is 12.5 Å². The molecular formula is C32H37N3O4. The van der Waals surface area contributed by atoms with Gasteiger partial charge in [0.15, 0.2) is 0 Å². The highest BCUT2D eigenvalue weighted by Crippen LogP contribution is 2.29. The first-order valence-corrected chi connectivity index (χ1v) is 13.0. The molecule has 2 N–H and O–H groups in total. The molecule has 39 heavy (non-hydrogen) atoms. The van der Waals surface area contributed by atoms with Crippen LogP contribution in [0.4, 0.5) is 10.5 Å². The van der Waals surface area contributed by atoms with Crippen molar-refractivity contribution in [2.75, 3.05) is 5.32 Å². The number of nitrogens with zero attached hydrogens (tertiary/aromatic N) is 1. The summed E-state index contributed by atoms with van der Waals surface area (Å²) in [7, 11) is 0. The van der Waals surface area contributed by atoms with Crippen LogP contribution in [-0.2, 0) is 14.3 Å². The van der Waals surface area contributed by atoms with Gasteiger partial charge in [-0.25, -0.2) is 4.79 Å². The predicted molar refractivity (Wildman–Crippen MR) is 155 cm³/mol. The maximum Gasteiger partial charge on any atom is 0.408 e. The molecule has 0 radical (unpaired) electrons. The largest absolute Gasteiger partial charge is 0.444 e. The van der Waals surface area contributed by atoms with Crippen molar-refractivity contribution >= 4 is 34.4 Å². The number of carbonyl (C=O) groups excluding carboxylic acids is 3. The average molecular weight is 528 g/mol. The smallest absolute Gasteiger partial charge is 0.408 e. The van der Waals surface area contributed by atoms with Gasteiger partial charge in [-0.3, -0.25) is 14.5 Å². The summed E-state index contributed by atoms with van der Waals surface area (Å²) in [6.45, 7) is 12.6. The van der Waals surface area contributed by atoms with E-state index < -0.39 is 35.6 Å². The minimum atomic E-state index is -1.14. The molecule has 0 saturated heterocycles. The Hall–Kier alpha value is -4.31. The molecule has 0 fully saturated rings. The maximum absolute atomic E-state index is 13.9. The Kier molecular flexibility index (Phi) is 9.03. The molecule has 0 heterocycles. The van der Waals surface area contributed by atoms with Crippen molar-refractivity contribution in [1.29, 1.82) is 0 Å². The molecule has 3 aromatic rings. The molecule has 0 aliphatic carbocycles. The van der Waals surface area contributed by atoms with Crippen LogP contribution in [0.25, 0.3) is 10.8 Å². The second-order valence-corrected chi connectivity index (χ2v) is 11.0. The molecule has 3 rings (SSSR count). The molecule has 2 unspecified atom stereocenters. The number of rotatable bonds is 7. The lowest BCUT2D eigenvalue weighted by atomic mass is 9.95. The summed E-state index contributed by atoms with van der Waals surface area (Å²) in [6.07, 6.45) is 5.16. The van der Waals surface area contributed by atoms with Gasteiger partial charge >= 0.3 is 6.09 Å². The van der Waals surface area contributed by atoms with Gasteiger partial charge in [0.2, 0.25) is 0 Å². The topological polar surface area (TPSA) is 87.7 Å². The first kappa shape index (κ1) is 29.2. The van der Waals surface area contributed by atoms with E-state index in [2.05, 4.69) is 16.7 Å². The number of hydrogen-bond donors (Lipinski definition) is 2. The third kappa shape index (κ3) is 7.38. The second-order valence-electron chi connectivity index (χ2n) is 11.0. The summed E-state index contributed by atoms with van der Waals surface area (Å²) < 4.78 is 5.37. The van der Waals surface area contributed by atoms with Crippen LogP contribution in [0.15, 0.2) is 60.7 Å². The highest BCUT2D eigenvalue weighted by Gasteiger charge is 2.37. The summed E-state index contributed by atoms with van der Waals surface area (Å²) >= 11 is 0. The zero-order valence-corrected chi connectivity index (χ0v) is 23.7. The number of fused-ring (bicyclic) bond motifs is 1. The fraction of sp³-hybridized carbons (Fsp3) is 0.344. The van der Waals surface area contributed by atoms with Crippen molar-refractivity contribution < 1.29 is 19.1 Å². The average Bonchev–Trinajstić information content (AvgIpc) is 2.84. The monoisotopic (exact) mass is 527 g/mol. The Morgan fingerprint density at radius 3 is 2.21 bits per heavy atom. The van der Waals surface area contributed by atoms with Gasteiger partial charge in [0.25, 0.3) is 11.8 Å². The summed E-state index contributed by atoms with van der Waals surface area (Å²) in [5, 5.41) is 7.59. The third-order valence-corrected chi connectivity index (χ3v) is 6.22. The highest BCUT2D eigenvalue weighted by molar-refractivity contribution is 6.01. The molecular weight excluding hydrogens is 490 g/mol. The number of alkyl carbamates (subject to hydrolysis) is 1. The summed E-state index contributed by atoms with van der Waals surface area (Å²) in [4.78, 5) is 41.4. The molecule has 3 amide bonds. The fourth-order valence-electron chi connectivity index (χ4n) is 4.37. The fourth-order valence-corrected chi connectivity index (χ4v) is 4.37. The number of amides is 3. The van der Waals surface area contributed by atoms with Crippen LogP contribution in [0, 0.1) is 32.2 Å². The Morgan fingerprint density at radius 1 is 0.949 bits per heavy atom. The highest BCUT2D eigenvalue weighted by atomic mass is 16.6. The minimum Gasteiger partial charge on any atom is -0.444 e. The number of nitrogens with one attached hydrogen (secondary N) is 2. The second kappa shape index (κ2) is 12.0. The van der Waals surface area contributed by atoms with E-state index in [4.69, 9.17) is 11.2 Å². The summed E-state index contributed by atoms with van der Waals surface area (Å²) in [6, 6.07) is 19.3. The summed E-state index contributed by atoms with van der Waals surface area (Å²) in [5.74, 6) is -1.38. The van der Waals surface area contributed by atoms with Crippen molar-refractivity contribution in [2.45, 2.75) is 66.2 Å². The third-order valence-electron chi connectivity index (χ3n) is 6.22. The summed E-state index contributed by atoms with van der Waals surface area (Å²) in [5.41, 5.74) is 2.23. The van der Waals surface area contributed by atoms with Gasteiger partial charge in [0.1, 0.15) is 17.7 Å². The SMILES string of the molecule is C#CN(C(=O)C(NC(=O)OC(C)(C)C)C(C)C)C(C(=O)Nc1ccc2ccccc2c1)c1ccc(C)cc1C. The van der Waals surface area contributed by atoms with Crippen molar-refractivity contribution in [1.82, 2.24) is 10.2 Å². The van der Waals surface area contributed by atoms with Gasteiger partial charge in [-0.2, -0.15) is 0 Å². The van der Waals surface area contributed by atoms with Gasteiger partial charge in [0.05, 0.1) is 0 Å². The van der Waals surface area contributed by atoms with Crippen LogP contribution in [0.1, 0.15) is 57.4 Å². The maximum atomic E-state index is 13.9. The van der Waals surface area contributed by atoms with E-state index >= 15 is 0 Å². The molecule has 7 heteroatoms. The van der Waals surface area contributed by atoms with Crippen LogP contribution in [-0.4, -0.2) is 34.5 Å². The number of anilines is 1. The van der Waals surface area contributed by atoms with Crippen LogP contribution in [0.3, 0.4) is 0 Å². The molecule has 0 aliphatic rings. The number of ether oxygens (including phenoxy) is 1. The van der Waals surface area contributed by atoms with Crippen molar-refractivity contribution in [3.63, 3.8) is 0 Å². The molecule has 0 bridgehead atoms. The van der Waals surface area contributed by atoms with E-state index in [9.17, 15) is 14.4 Å². The lowest BCUT2D eigenvalue weighted by Gasteiger charge is -2.32. The van der Waals surface area contributed by atoms with Gasteiger partial charge in [0, 0.05) is 11.7 Å². The van der Waals surface area contributed by atoms with E-state index in [1.54, 1.807) is 40.7 Å². The van der Waals surface area contributed by atoms with Crippen LogP contribution < -0.4 is 10.6 Å². The molecule has 0 spiro atoms. The van der Waals surface area contributed by atoms with Gasteiger partial charge in [-0.1, -0.05) is 74.4 Å². The van der Waals surface area contributed by atoms with E-state index in [1.807, 2.05) is 68.4 Å². The Balaban J connectivity index is 2.01. The quantitative estimate of drug-likeness (QED) is 0.287. The molecule has 204 valence electrons. The van der Waals surface area contributed by atoms with Crippen molar-refractivity contribution in [3.05, 3.63) is 77.4 Å². The number of carbonyl (C=O) groups is 3. The van der Waals surface area contributed by atoms with E-state index in [0.717, 1.165) is 26.8 Å². The molecule has 0 aromatic heterocycles. The number of terminal acetylenes is 1. The Labute approximate surface area is 230 Å². The molecule has 7 nitrogen and oxygen atoms in total. The lowest BCUT2D eigenvalue weighted by molar-refractivity contribution is -0.137. The number of aryl methyl sites for hydroxylation is 2. The van der Waals surface area contributed by atoms with Crippen molar-refractivity contribution in [2.24, 2.45) is 5.92 Å². The zero-order chi connectivity index (χ0) is 28.9. The first-order chi connectivity index (χ1) is 18.3. The Bertz CT molecular complexity index is 1410. The minimum absolute atomic E-state index is 0.329. The van der Waals surface area contributed by atoms with Gasteiger partial charge < -0.3 is 15.4 Å². The molecule has 0 aliphatic heterocycles. The molecule has 0 saturated carbocycles. The normalized spacial score (nSPS) is 12.8.